The fourth-order valence-corrected chi connectivity index (χ4v) is 6.22. The van der Waals surface area contributed by atoms with Crippen molar-refractivity contribution in [3.63, 3.8) is 0 Å². The molecule has 3 unspecified atom stereocenters. The van der Waals surface area contributed by atoms with Gasteiger partial charge >= 0.3 is 13.7 Å². The maximum atomic E-state index is 15.4. The number of halogens is 2. The summed E-state index contributed by atoms with van der Waals surface area (Å²) in [4.78, 5) is 24.7. The number of nitrogens with one attached hydrogen (secondary N) is 1. The maximum Gasteiger partial charge on any atom is 0.459 e. The highest BCUT2D eigenvalue weighted by atomic mass is 35.5. The topological polar surface area (TPSA) is 173 Å². The number of alkyl halides is 1. The van der Waals surface area contributed by atoms with E-state index in [1.165, 1.54) is 17.8 Å². The number of aromatic nitrogens is 4. The van der Waals surface area contributed by atoms with Crippen LogP contribution in [0.5, 0.6) is 5.75 Å². The first kappa shape index (κ1) is 32.0. The number of esters is 1. The Labute approximate surface area is 257 Å². The van der Waals surface area contributed by atoms with Crippen molar-refractivity contribution < 1.29 is 37.4 Å². The van der Waals surface area contributed by atoms with Crippen LogP contribution in [-0.2, 0) is 23.4 Å². The summed E-state index contributed by atoms with van der Waals surface area (Å²) in [6, 6.07) is 11.3. The van der Waals surface area contributed by atoms with Gasteiger partial charge in [0.1, 0.15) is 29.5 Å². The standard InChI is InChI=1S/C28H33ClFN6O7P/c1-15(26(38)40-13-28(2,3)4)35-44(39,43-18-11-7-9-16-8-5-6-10-17(16)18)41-12-19-22(37)20(30)25(42-19)36-14-32-21-23(31)33-27(29)34-24(21)36/h5-11,14-15,19-20,22,25,37H,12-13H2,1-4H3,(H,35,39)(H2,31,33,34)/t15-,19+,20?,22?,25+,44?/m0/s1. The largest absolute Gasteiger partial charge is 0.464 e. The van der Waals surface area contributed by atoms with Gasteiger partial charge in [0.25, 0.3) is 0 Å². The van der Waals surface area contributed by atoms with Gasteiger partial charge in [0.2, 0.25) is 5.28 Å². The number of nitrogens with two attached hydrogens (primary N) is 1. The van der Waals surface area contributed by atoms with Crippen LogP contribution in [0.25, 0.3) is 21.9 Å². The van der Waals surface area contributed by atoms with Gasteiger partial charge in [0, 0.05) is 5.39 Å². The molecule has 0 amide bonds. The number of hydrogen-bond acceptors (Lipinski definition) is 11. The van der Waals surface area contributed by atoms with Gasteiger partial charge < -0.3 is 24.8 Å². The Kier molecular flexibility index (Phi) is 9.13. The highest BCUT2D eigenvalue weighted by Gasteiger charge is 2.47. The summed E-state index contributed by atoms with van der Waals surface area (Å²) in [6.45, 7) is 6.69. The maximum absolute atomic E-state index is 15.4. The van der Waals surface area contributed by atoms with Crippen LogP contribution in [0, 0.1) is 5.41 Å². The van der Waals surface area contributed by atoms with Crippen LogP contribution >= 0.6 is 19.3 Å². The number of ether oxygens (including phenoxy) is 2. The highest BCUT2D eigenvalue weighted by molar-refractivity contribution is 7.52. The van der Waals surface area contributed by atoms with Crippen LogP contribution in [-0.4, -0.2) is 68.2 Å². The van der Waals surface area contributed by atoms with E-state index in [0.717, 1.165) is 5.39 Å². The fourth-order valence-electron chi connectivity index (χ4n) is 4.53. The molecule has 0 spiro atoms. The molecule has 0 bridgehead atoms. The number of aliphatic hydroxyl groups excluding tert-OH is 1. The monoisotopic (exact) mass is 650 g/mol. The van der Waals surface area contributed by atoms with Crippen LogP contribution < -0.4 is 15.3 Å². The molecule has 0 aliphatic carbocycles. The van der Waals surface area contributed by atoms with Gasteiger partial charge in [-0.3, -0.25) is 13.9 Å². The van der Waals surface area contributed by atoms with Gasteiger partial charge in [-0.2, -0.15) is 15.1 Å². The molecule has 5 rings (SSSR count). The molecule has 13 nitrogen and oxygen atoms in total. The molecular formula is C28H33ClFN6O7P. The summed E-state index contributed by atoms with van der Waals surface area (Å²) < 4.78 is 53.6. The zero-order chi connectivity index (χ0) is 31.8. The number of carbonyl (C=O) groups excluding carboxylic acids is 1. The van der Waals surface area contributed by atoms with Gasteiger partial charge in [-0.25, -0.2) is 13.9 Å². The van der Waals surface area contributed by atoms with E-state index in [-0.39, 0.29) is 40.0 Å². The van der Waals surface area contributed by atoms with Crippen LogP contribution in [0.4, 0.5) is 10.2 Å². The Morgan fingerprint density at radius 2 is 1.98 bits per heavy atom. The molecule has 2 aromatic heterocycles. The summed E-state index contributed by atoms with van der Waals surface area (Å²) in [5.74, 6) is -0.485. The average Bonchev–Trinajstić information content (AvgIpc) is 3.50. The number of fused-ring (bicyclic) bond motifs is 2. The Morgan fingerprint density at radius 3 is 2.73 bits per heavy atom. The van der Waals surface area contributed by atoms with Gasteiger partial charge in [-0.1, -0.05) is 57.2 Å². The van der Waals surface area contributed by atoms with E-state index in [1.54, 1.807) is 24.3 Å². The molecule has 6 atom stereocenters. The molecule has 16 heteroatoms. The third-order valence-corrected chi connectivity index (χ3v) is 8.52. The number of benzene rings is 2. The van der Waals surface area contributed by atoms with E-state index >= 15 is 4.39 Å². The highest BCUT2D eigenvalue weighted by Crippen LogP contribution is 2.48. The predicted molar refractivity (Wildman–Crippen MR) is 161 cm³/mol. The summed E-state index contributed by atoms with van der Waals surface area (Å²) in [5.41, 5.74) is 5.82. The van der Waals surface area contributed by atoms with Crippen molar-refractivity contribution in [1.82, 2.24) is 24.6 Å². The van der Waals surface area contributed by atoms with Crippen LogP contribution in [0.2, 0.25) is 5.28 Å². The van der Waals surface area contributed by atoms with Crippen LogP contribution in [0.1, 0.15) is 33.9 Å². The molecule has 1 aliphatic heterocycles. The number of hydrogen-bond donors (Lipinski definition) is 3. The number of imidazole rings is 1. The molecule has 44 heavy (non-hydrogen) atoms. The first-order chi connectivity index (χ1) is 20.7. The van der Waals surface area contributed by atoms with Crippen molar-refractivity contribution in [1.29, 1.82) is 0 Å². The number of nitrogens with zero attached hydrogens (tertiary/aromatic N) is 4. The van der Waals surface area contributed by atoms with Gasteiger partial charge in [0.05, 0.1) is 19.5 Å². The Bertz CT molecular complexity index is 1710. The molecule has 3 heterocycles. The zero-order valence-corrected chi connectivity index (χ0v) is 26.0. The van der Waals surface area contributed by atoms with Crippen LogP contribution in [0.3, 0.4) is 0 Å². The van der Waals surface area contributed by atoms with Crippen molar-refractivity contribution in [3.05, 3.63) is 54.1 Å². The summed E-state index contributed by atoms with van der Waals surface area (Å²) in [5, 5.41) is 14.6. The molecule has 4 N–H and O–H groups in total. The molecule has 4 aromatic rings. The molecule has 1 fully saturated rings. The smallest absolute Gasteiger partial charge is 0.459 e. The molecule has 0 radical (unpaired) electrons. The predicted octanol–water partition coefficient (Wildman–Crippen LogP) is 4.58. The Hall–Kier alpha value is -3.39. The van der Waals surface area contributed by atoms with E-state index in [4.69, 9.17) is 35.9 Å². The lowest BCUT2D eigenvalue weighted by atomic mass is 9.99. The first-order valence-corrected chi connectivity index (χ1v) is 15.7. The van der Waals surface area contributed by atoms with Gasteiger partial charge in [-0.15, -0.1) is 0 Å². The fraction of sp³-hybridized carbons (Fsp3) is 0.429. The summed E-state index contributed by atoms with van der Waals surface area (Å²) >= 11 is 5.93. The lowest BCUT2D eigenvalue weighted by molar-refractivity contribution is -0.148. The summed E-state index contributed by atoms with van der Waals surface area (Å²) in [7, 11) is -4.39. The van der Waals surface area contributed by atoms with E-state index in [9.17, 15) is 14.5 Å². The van der Waals surface area contributed by atoms with Crippen molar-refractivity contribution in [2.45, 2.75) is 58.3 Å². The van der Waals surface area contributed by atoms with Crippen molar-refractivity contribution in [2.75, 3.05) is 18.9 Å². The second-order valence-corrected chi connectivity index (χ2v) is 13.6. The average molecular weight is 651 g/mol. The molecule has 0 saturated carbocycles. The lowest BCUT2D eigenvalue weighted by Crippen LogP contribution is -2.37. The summed E-state index contributed by atoms with van der Waals surface area (Å²) in [6.07, 6.45) is -5.14. The third-order valence-electron chi connectivity index (χ3n) is 6.72. The number of rotatable bonds is 10. The van der Waals surface area contributed by atoms with Gasteiger partial charge in [-0.05, 0) is 35.4 Å². The van der Waals surface area contributed by atoms with E-state index < -0.39 is 51.0 Å². The van der Waals surface area contributed by atoms with Crippen molar-refractivity contribution in [3.8, 4) is 5.75 Å². The van der Waals surface area contributed by atoms with Crippen molar-refractivity contribution >= 4 is 53.1 Å². The Balaban J connectivity index is 1.37. The lowest BCUT2D eigenvalue weighted by Gasteiger charge is -2.26. The van der Waals surface area contributed by atoms with Gasteiger partial charge in [0.15, 0.2) is 23.9 Å². The third kappa shape index (κ3) is 6.96. The number of nitrogen functional groups attached to an aromatic ring is 1. The van der Waals surface area contributed by atoms with Crippen molar-refractivity contribution in [2.24, 2.45) is 5.41 Å². The first-order valence-electron chi connectivity index (χ1n) is 13.7. The normalized spacial score (nSPS) is 22.6. The molecule has 2 aromatic carbocycles. The number of anilines is 1. The minimum Gasteiger partial charge on any atom is -0.464 e. The molecule has 1 aliphatic rings. The molecule has 1 saturated heterocycles. The second-order valence-electron chi connectivity index (χ2n) is 11.6. The van der Waals surface area contributed by atoms with E-state index in [2.05, 4.69) is 20.0 Å². The number of carbonyl (C=O) groups is 1. The SMILES string of the molecule is C[C@H](NP(=O)(OC[C@H]1O[C@@H](n2cnc3c(N)nc(Cl)nc32)C(F)C1O)Oc1cccc2ccccc12)C(=O)OCC(C)(C)C. The zero-order valence-electron chi connectivity index (χ0n) is 24.4. The Morgan fingerprint density at radius 1 is 1.25 bits per heavy atom. The minimum absolute atomic E-state index is 0.0136. The van der Waals surface area contributed by atoms with Crippen LogP contribution in [0.15, 0.2) is 48.8 Å². The van der Waals surface area contributed by atoms with E-state index in [0.29, 0.717) is 5.39 Å². The molecular weight excluding hydrogens is 618 g/mol. The quantitative estimate of drug-likeness (QED) is 0.124. The minimum atomic E-state index is -4.39. The molecule has 236 valence electrons. The second kappa shape index (κ2) is 12.5. The van der Waals surface area contributed by atoms with E-state index in [1.807, 2.05) is 39.0 Å². The number of aliphatic hydroxyl groups is 1.